The number of aryl methyl sites for hydroxylation is 1. The summed E-state index contributed by atoms with van der Waals surface area (Å²) in [5, 5.41) is 0. The third-order valence-corrected chi connectivity index (χ3v) is 0.813. The molecule has 13 heavy (non-hydrogen) atoms. The summed E-state index contributed by atoms with van der Waals surface area (Å²) in [5.41, 5.74) is 1.07. The number of nitrogens with zero attached hydrogens (tertiary/aromatic N) is 1. The molecule has 0 amide bonds. The summed E-state index contributed by atoms with van der Waals surface area (Å²) in [7, 11) is 0. The van der Waals surface area contributed by atoms with Gasteiger partial charge in [0.25, 0.3) is 0 Å². The van der Waals surface area contributed by atoms with E-state index in [-0.39, 0.29) is 0 Å². The second kappa shape index (κ2) is 22.5. The Morgan fingerprint density at radius 3 is 1.46 bits per heavy atom. The summed E-state index contributed by atoms with van der Waals surface area (Å²) in [5.74, 6) is 0. The lowest BCUT2D eigenvalue weighted by Crippen LogP contribution is -1.72. The van der Waals surface area contributed by atoms with E-state index in [1.807, 2.05) is 66.7 Å². The van der Waals surface area contributed by atoms with Gasteiger partial charge in [-0.2, -0.15) is 0 Å². The smallest absolute Gasteiger partial charge is 0.0372 e. The van der Waals surface area contributed by atoms with Gasteiger partial charge in [0.15, 0.2) is 0 Å². The van der Waals surface area contributed by atoms with Crippen LogP contribution in [0.5, 0.6) is 0 Å². The molecule has 0 aromatic carbocycles. The van der Waals surface area contributed by atoms with Crippen LogP contribution < -0.4 is 0 Å². The molecule has 1 rings (SSSR count). The van der Waals surface area contributed by atoms with Gasteiger partial charge in [-0.15, -0.1) is 0 Å². The summed E-state index contributed by atoms with van der Waals surface area (Å²) in [6.07, 6.45) is 1.79. The molecule has 78 valence electrons. The van der Waals surface area contributed by atoms with E-state index in [1.54, 1.807) is 6.20 Å². The van der Waals surface area contributed by atoms with Crippen molar-refractivity contribution in [1.82, 2.24) is 4.98 Å². The Labute approximate surface area is 84.2 Å². The summed E-state index contributed by atoms with van der Waals surface area (Å²) in [4.78, 5) is 3.98. The van der Waals surface area contributed by atoms with Gasteiger partial charge in [-0.1, -0.05) is 47.6 Å². The van der Waals surface area contributed by atoms with Crippen LogP contribution in [0, 0.1) is 6.92 Å². The molecule has 0 spiro atoms. The summed E-state index contributed by atoms with van der Waals surface area (Å²) >= 11 is 0. The Hall–Kier alpha value is -0.850. The second-order valence-corrected chi connectivity index (χ2v) is 1.47. The molecule has 0 saturated carbocycles. The molecule has 1 nitrogen and oxygen atoms in total. The lowest BCUT2D eigenvalue weighted by atomic mass is 10.4. The van der Waals surface area contributed by atoms with Gasteiger partial charge < -0.3 is 0 Å². The summed E-state index contributed by atoms with van der Waals surface area (Å²) < 4.78 is 0. The summed E-state index contributed by atoms with van der Waals surface area (Å²) in [6.45, 7) is 14.0. The minimum Gasteiger partial charge on any atom is -0.262 e. The fourth-order valence-electron chi connectivity index (χ4n) is 0.448. The fourth-order valence-corrected chi connectivity index (χ4v) is 0.448. The molecule has 0 N–H and O–H groups in total. The Kier molecular flexibility index (Phi) is 31.2. The van der Waals surface area contributed by atoms with Gasteiger partial charge in [0.05, 0.1) is 0 Å². The minimum atomic E-state index is 1.07. The predicted molar refractivity (Wildman–Crippen MR) is 63.0 cm³/mol. The van der Waals surface area contributed by atoms with Crippen LogP contribution in [0.4, 0.5) is 0 Å². The van der Waals surface area contributed by atoms with E-state index in [0.717, 1.165) is 5.69 Å². The number of rotatable bonds is 0. The van der Waals surface area contributed by atoms with Crippen molar-refractivity contribution in [3.05, 3.63) is 30.1 Å². The fraction of sp³-hybridized carbons (Fsp3) is 0.583. The van der Waals surface area contributed by atoms with E-state index >= 15 is 0 Å². The van der Waals surface area contributed by atoms with E-state index in [4.69, 9.17) is 0 Å². The largest absolute Gasteiger partial charge is 0.262 e. The minimum absolute atomic E-state index is 1.07. The molecular weight excluding hydrogens is 158 g/mol. The quantitative estimate of drug-likeness (QED) is 0.578. The van der Waals surface area contributed by atoms with Gasteiger partial charge in [-0.25, -0.2) is 0 Å². The van der Waals surface area contributed by atoms with Crippen molar-refractivity contribution in [1.29, 1.82) is 0 Å². The van der Waals surface area contributed by atoms with Crippen LogP contribution in [0.25, 0.3) is 0 Å². The number of aromatic nitrogens is 1. The third-order valence-electron chi connectivity index (χ3n) is 0.813. The highest BCUT2D eigenvalue weighted by atomic mass is 14.6. The Morgan fingerprint density at radius 2 is 1.31 bits per heavy atom. The van der Waals surface area contributed by atoms with Crippen molar-refractivity contribution < 1.29 is 0 Å². The number of hydrogen-bond donors (Lipinski definition) is 0. The van der Waals surface area contributed by atoms with Crippen LogP contribution in [-0.2, 0) is 0 Å². The highest BCUT2D eigenvalue weighted by Gasteiger charge is 1.73. The normalized spacial score (nSPS) is 6.08. The van der Waals surface area contributed by atoms with Gasteiger partial charge in [0.1, 0.15) is 0 Å². The average Bonchev–Trinajstić information content (AvgIpc) is 2.28. The lowest BCUT2D eigenvalue weighted by molar-refractivity contribution is 1.20. The molecule has 0 atom stereocenters. The zero-order valence-electron chi connectivity index (χ0n) is 10.3. The number of hydrogen-bond acceptors (Lipinski definition) is 1. The van der Waals surface area contributed by atoms with Crippen LogP contribution in [0.3, 0.4) is 0 Å². The molecule has 1 heterocycles. The molecule has 1 aromatic heterocycles. The lowest BCUT2D eigenvalue weighted by Gasteiger charge is -1.82. The average molecular weight is 183 g/mol. The maximum atomic E-state index is 3.98. The van der Waals surface area contributed by atoms with E-state index in [0.29, 0.717) is 0 Å². The zero-order valence-corrected chi connectivity index (χ0v) is 10.3. The SMILES string of the molecule is CC.CC.CC.Cc1ccccn1. The monoisotopic (exact) mass is 183 g/mol. The van der Waals surface area contributed by atoms with Gasteiger partial charge >= 0.3 is 0 Å². The van der Waals surface area contributed by atoms with E-state index in [9.17, 15) is 0 Å². The first-order chi connectivity index (χ1) is 6.39. The molecule has 0 saturated heterocycles. The molecule has 0 aliphatic heterocycles. The van der Waals surface area contributed by atoms with Gasteiger partial charge in [-0.05, 0) is 19.1 Å². The van der Waals surface area contributed by atoms with Gasteiger partial charge in [0.2, 0.25) is 0 Å². The standard InChI is InChI=1S/C6H7N.3C2H6/c1-6-4-2-3-5-7-6;3*1-2/h2-5H,1H3;3*1-2H3. The van der Waals surface area contributed by atoms with E-state index in [2.05, 4.69) is 4.98 Å². The third kappa shape index (κ3) is 18.3. The van der Waals surface area contributed by atoms with E-state index in [1.165, 1.54) is 0 Å². The molecular formula is C12H25N. The van der Waals surface area contributed by atoms with Crippen LogP contribution in [0.2, 0.25) is 0 Å². The zero-order chi connectivity index (χ0) is 11.1. The van der Waals surface area contributed by atoms with Crippen LogP contribution in [0.15, 0.2) is 24.4 Å². The van der Waals surface area contributed by atoms with E-state index < -0.39 is 0 Å². The maximum absolute atomic E-state index is 3.98. The maximum Gasteiger partial charge on any atom is 0.0372 e. The summed E-state index contributed by atoms with van der Waals surface area (Å²) in [6, 6.07) is 5.86. The Balaban J connectivity index is -0.000000144. The highest BCUT2D eigenvalue weighted by Crippen LogP contribution is 1.85. The van der Waals surface area contributed by atoms with Gasteiger partial charge in [-0.3, -0.25) is 4.98 Å². The van der Waals surface area contributed by atoms with Crippen molar-refractivity contribution in [3.63, 3.8) is 0 Å². The van der Waals surface area contributed by atoms with Crippen molar-refractivity contribution in [2.75, 3.05) is 0 Å². The second-order valence-electron chi connectivity index (χ2n) is 1.47. The van der Waals surface area contributed by atoms with Crippen molar-refractivity contribution in [2.45, 2.75) is 48.5 Å². The van der Waals surface area contributed by atoms with Crippen LogP contribution in [-0.4, -0.2) is 4.98 Å². The molecule has 1 heteroatoms. The molecule has 0 unspecified atom stereocenters. The molecule has 0 aliphatic rings. The Bertz CT molecular complexity index is 135. The number of pyridine rings is 1. The molecule has 1 aromatic rings. The first-order valence-electron chi connectivity index (χ1n) is 5.27. The first-order valence-corrected chi connectivity index (χ1v) is 5.27. The topological polar surface area (TPSA) is 12.9 Å². The molecule has 0 radical (unpaired) electrons. The van der Waals surface area contributed by atoms with Gasteiger partial charge in [0, 0.05) is 11.9 Å². The molecule has 0 bridgehead atoms. The van der Waals surface area contributed by atoms with Crippen LogP contribution >= 0.6 is 0 Å². The van der Waals surface area contributed by atoms with Crippen molar-refractivity contribution >= 4 is 0 Å². The molecule has 0 fully saturated rings. The van der Waals surface area contributed by atoms with Crippen molar-refractivity contribution in [3.8, 4) is 0 Å². The van der Waals surface area contributed by atoms with Crippen LogP contribution in [0.1, 0.15) is 47.2 Å². The van der Waals surface area contributed by atoms with Crippen molar-refractivity contribution in [2.24, 2.45) is 0 Å². The Morgan fingerprint density at radius 1 is 0.846 bits per heavy atom. The predicted octanol–water partition coefficient (Wildman–Crippen LogP) is 4.47. The first kappa shape index (κ1) is 18.0. The highest BCUT2D eigenvalue weighted by molar-refractivity contribution is 4.99. The molecule has 0 aliphatic carbocycles.